The molecule has 0 radical (unpaired) electrons. The summed E-state index contributed by atoms with van der Waals surface area (Å²) in [5.41, 5.74) is 4.08. The molecule has 7 heteroatoms. The number of hydrogen-bond donors (Lipinski definition) is 1. The van der Waals surface area contributed by atoms with Crippen LogP contribution in [0.2, 0.25) is 0 Å². The molecule has 184 valence electrons. The van der Waals surface area contributed by atoms with Crippen LogP contribution in [-0.4, -0.2) is 45.8 Å². The van der Waals surface area contributed by atoms with Crippen molar-refractivity contribution >= 4 is 16.9 Å². The molecule has 0 spiro atoms. The molecule has 4 aliphatic rings. The third-order valence-electron chi connectivity index (χ3n) is 8.41. The first-order valence-corrected chi connectivity index (χ1v) is 13.0. The van der Waals surface area contributed by atoms with E-state index in [-0.39, 0.29) is 17.0 Å². The summed E-state index contributed by atoms with van der Waals surface area (Å²) in [5.74, 6) is 0.829. The molecule has 0 unspecified atom stereocenters. The number of aromatic nitrogens is 3. The predicted molar refractivity (Wildman–Crippen MR) is 135 cm³/mol. The fraction of sp³-hybridized carbons (Fsp3) is 0.536. The minimum absolute atomic E-state index is 0.0304. The second-order valence-corrected chi connectivity index (χ2v) is 10.7. The van der Waals surface area contributed by atoms with Crippen LogP contribution < -0.4 is 10.2 Å². The number of nitrogens with one attached hydrogen (secondary N) is 1. The van der Waals surface area contributed by atoms with Gasteiger partial charge in [-0.3, -0.25) is 9.97 Å². The number of aryl methyl sites for hydroxylation is 2. The first-order valence-electron chi connectivity index (χ1n) is 13.0. The normalized spacial score (nSPS) is 26.1. The standard InChI is InChI=1S/C28H34FN5O/c1-20-4-6-24-26(33-20)22(23(29)18-30-24)8-9-28-12-10-27(11-13-28,19-35-28)32-17-21-5-7-25(31-16-21)34-14-2-3-15-34/h4-7,16,18,32H,2-3,8-15,17,19H2,1H3. The van der Waals surface area contributed by atoms with Gasteiger partial charge in [-0.25, -0.2) is 9.37 Å². The zero-order valence-corrected chi connectivity index (χ0v) is 20.5. The van der Waals surface area contributed by atoms with E-state index in [1.807, 2.05) is 25.3 Å². The molecule has 1 saturated carbocycles. The van der Waals surface area contributed by atoms with Gasteiger partial charge < -0.3 is 15.0 Å². The third-order valence-corrected chi connectivity index (χ3v) is 8.41. The van der Waals surface area contributed by atoms with Gasteiger partial charge in [0, 0.05) is 42.6 Å². The molecule has 7 rings (SSSR count). The fourth-order valence-corrected chi connectivity index (χ4v) is 6.04. The van der Waals surface area contributed by atoms with Crippen molar-refractivity contribution in [3.05, 3.63) is 59.3 Å². The van der Waals surface area contributed by atoms with Gasteiger partial charge in [-0.05, 0) is 82.1 Å². The monoisotopic (exact) mass is 475 g/mol. The van der Waals surface area contributed by atoms with Crippen molar-refractivity contribution in [2.45, 2.75) is 76.0 Å². The van der Waals surface area contributed by atoms with Crippen molar-refractivity contribution in [2.75, 3.05) is 24.6 Å². The first kappa shape index (κ1) is 22.8. The third kappa shape index (κ3) is 4.52. The molecule has 35 heavy (non-hydrogen) atoms. The van der Waals surface area contributed by atoms with Crippen LogP contribution in [0.15, 0.2) is 36.7 Å². The van der Waals surface area contributed by atoms with E-state index >= 15 is 0 Å². The van der Waals surface area contributed by atoms with Gasteiger partial charge in [0.05, 0.1) is 29.4 Å². The van der Waals surface area contributed by atoms with Crippen molar-refractivity contribution in [1.29, 1.82) is 0 Å². The summed E-state index contributed by atoms with van der Waals surface area (Å²) in [7, 11) is 0. The van der Waals surface area contributed by atoms with Crippen LogP contribution in [0.4, 0.5) is 10.2 Å². The number of ether oxygens (including phenoxy) is 1. The van der Waals surface area contributed by atoms with Gasteiger partial charge in [-0.2, -0.15) is 0 Å². The minimum atomic E-state index is -0.265. The largest absolute Gasteiger partial charge is 0.373 e. The van der Waals surface area contributed by atoms with E-state index in [2.05, 4.69) is 32.3 Å². The van der Waals surface area contributed by atoms with Crippen molar-refractivity contribution in [3.8, 4) is 0 Å². The second kappa shape index (κ2) is 9.10. The Labute approximate surface area is 206 Å². The van der Waals surface area contributed by atoms with Crippen LogP contribution in [-0.2, 0) is 17.7 Å². The van der Waals surface area contributed by atoms with Crippen LogP contribution in [0.1, 0.15) is 61.8 Å². The van der Waals surface area contributed by atoms with E-state index in [9.17, 15) is 4.39 Å². The molecule has 0 amide bonds. The molecule has 3 aliphatic heterocycles. The van der Waals surface area contributed by atoms with Gasteiger partial charge >= 0.3 is 0 Å². The summed E-state index contributed by atoms with van der Waals surface area (Å²) in [6.45, 7) is 5.69. The highest BCUT2D eigenvalue weighted by Crippen LogP contribution is 2.46. The molecule has 4 fully saturated rings. The first-order chi connectivity index (χ1) is 17.0. The minimum Gasteiger partial charge on any atom is -0.373 e. The molecule has 3 aromatic rings. The van der Waals surface area contributed by atoms with Crippen molar-refractivity contribution in [3.63, 3.8) is 0 Å². The number of anilines is 1. The zero-order chi connectivity index (χ0) is 23.9. The Morgan fingerprint density at radius 1 is 1.03 bits per heavy atom. The van der Waals surface area contributed by atoms with Gasteiger partial charge in [-0.1, -0.05) is 6.07 Å². The predicted octanol–water partition coefficient (Wildman–Crippen LogP) is 4.88. The molecule has 3 saturated heterocycles. The molecular formula is C28H34FN5O. The van der Waals surface area contributed by atoms with E-state index in [4.69, 9.17) is 9.72 Å². The Morgan fingerprint density at radius 2 is 1.86 bits per heavy atom. The summed E-state index contributed by atoms with van der Waals surface area (Å²) in [6.07, 6.45) is 11.5. The quantitative estimate of drug-likeness (QED) is 0.526. The average Bonchev–Trinajstić information content (AvgIpc) is 3.44. The molecule has 0 aromatic carbocycles. The van der Waals surface area contributed by atoms with Crippen molar-refractivity contribution in [1.82, 2.24) is 20.3 Å². The number of hydrogen-bond acceptors (Lipinski definition) is 6. The zero-order valence-electron chi connectivity index (χ0n) is 20.5. The van der Waals surface area contributed by atoms with Gasteiger partial charge in [0.15, 0.2) is 0 Å². The van der Waals surface area contributed by atoms with Crippen LogP contribution in [0.3, 0.4) is 0 Å². The highest BCUT2D eigenvalue weighted by atomic mass is 19.1. The van der Waals surface area contributed by atoms with E-state index in [1.54, 1.807) is 0 Å². The maximum absolute atomic E-state index is 14.7. The lowest BCUT2D eigenvalue weighted by Crippen LogP contribution is -2.61. The van der Waals surface area contributed by atoms with Crippen LogP contribution in [0.25, 0.3) is 11.0 Å². The summed E-state index contributed by atoms with van der Waals surface area (Å²) >= 11 is 0. The number of halogens is 1. The Hall–Kier alpha value is -2.64. The topological polar surface area (TPSA) is 63.2 Å². The van der Waals surface area contributed by atoms with Gasteiger partial charge in [0.1, 0.15) is 11.6 Å². The van der Waals surface area contributed by atoms with Crippen LogP contribution in [0.5, 0.6) is 0 Å². The highest BCUT2D eigenvalue weighted by Gasteiger charge is 2.49. The van der Waals surface area contributed by atoms with Gasteiger partial charge in [-0.15, -0.1) is 0 Å². The lowest BCUT2D eigenvalue weighted by atomic mass is 9.69. The van der Waals surface area contributed by atoms with Crippen LogP contribution >= 0.6 is 0 Å². The molecule has 6 nitrogen and oxygen atoms in total. The Kier molecular flexibility index (Phi) is 5.93. The number of pyridine rings is 3. The van der Waals surface area contributed by atoms with Crippen molar-refractivity contribution in [2.24, 2.45) is 0 Å². The molecule has 1 N–H and O–H groups in total. The number of fused-ring (bicyclic) bond motifs is 4. The van der Waals surface area contributed by atoms with Gasteiger partial charge in [0.2, 0.25) is 0 Å². The molecule has 2 bridgehead atoms. The summed E-state index contributed by atoms with van der Waals surface area (Å²) in [4.78, 5) is 15.9. The van der Waals surface area contributed by atoms with E-state index < -0.39 is 0 Å². The highest BCUT2D eigenvalue weighted by molar-refractivity contribution is 5.77. The Balaban J connectivity index is 1.07. The average molecular weight is 476 g/mol. The Bertz CT molecular complexity index is 1180. The second-order valence-electron chi connectivity index (χ2n) is 10.7. The Morgan fingerprint density at radius 3 is 2.57 bits per heavy atom. The molecule has 0 atom stereocenters. The number of nitrogens with zero attached hydrogens (tertiary/aromatic N) is 4. The van der Waals surface area contributed by atoms with Gasteiger partial charge in [0.25, 0.3) is 0 Å². The van der Waals surface area contributed by atoms with Crippen molar-refractivity contribution < 1.29 is 9.13 Å². The van der Waals surface area contributed by atoms with Crippen LogP contribution in [0, 0.1) is 12.7 Å². The lowest BCUT2D eigenvalue weighted by Gasteiger charge is -2.53. The number of rotatable bonds is 7. The maximum Gasteiger partial charge on any atom is 0.146 e. The maximum atomic E-state index is 14.7. The van der Waals surface area contributed by atoms with E-state index in [0.717, 1.165) is 68.8 Å². The fourth-order valence-electron chi connectivity index (χ4n) is 6.04. The molecule has 3 aromatic heterocycles. The lowest BCUT2D eigenvalue weighted by molar-refractivity contribution is -0.165. The smallest absolute Gasteiger partial charge is 0.146 e. The summed E-state index contributed by atoms with van der Waals surface area (Å²) < 4.78 is 21.2. The summed E-state index contributed by atoms with van der Waals surface area (Å²) in [6, 6.07) is 8.20. The van der Waals surface area contributed by atoms with E-state index in [1.165, 1.54) is 24.6 Å². The molecule has 6 heterocycles. The van der Waals surface area contributed by atoms with E-state index in [0.29, 0.717) is 24.1 Å². The molecule has 1 aliphatic carbocycles. The SMILES string of the molecule is Cc1ccc2ncc(F)c(CCC34CCC(NCc5ccc(N6CCCC6)nc5)(CC3)CO4)c2n1. The molecular weight excluding hydrogens is 441 g/mol. The summed E-state index contributed by atoms with van der Waals surface area (Å²) in [5, 5.41) is 3.80.